The largest absolute Gasteiger partial charge is 0.497 e. The van der Waals surface area contributed by atoms with Crippen molar-refractivity contribution in [3.05, 3.63) is 29.8 Å². The number of aliphatic hydroxyl groups excluding tert-OH is 3. The topological polar surface area (TPSA) is 99.0 Å². The van der Waals surface area contributed by atoms with Crippen LogP contribution in [0, 0.1) is 46.3 Å². The van der Waals surface area contributed by atoms with Crippen LogP contribution >= 0.6 is 0 Å². The molecule has 4 N–H and O–H groups in total. The van der Waals surface area contributed by atoms with Gasteiger partial charge >= 0.3 is 0 Å². The van der Waals surface area contributed by atoms with Gasteiger partial charge in [-0.15, -0.1) is 0 Å². The molecule has 39 heavy (non-hydrogen) atoms. The number of hydrogen-bond acceptors (Lipinski definition) is 5. The molecule has 0 aliphatic heterocycles. The lowest BCUT2D eigenvalue weighted by molar-refractivity contribution is -0.207. The molecule has 0 saturated heterocycles. The molecule has 6 heteroatoms. The maximum absolute atomic E-state index is 12.7. The second kappa shape index (κ2) is 11.3. The lowest BCUT2D eigenvalue weighted by Crippen LogP contribution is -2.62. The Bertz CT molecular complexity index is 998. The van der Waals surface area contributed by atoms with E-state index in [1.54, 1.807) is 7.11 Å². The van der Waals surface area contributed by atoms with Gasteiger partial charge in [-0.3, -0.25) is 4.79 Å². The summed E-state index contributed by atoms with van der Waals surface area (Å²) < 4.78 is 5.21. The minimum absolute atomic E-state index is 0.0963. The van der Waals surface area contributed by atoms with Crippen LogP contribution in [0.15, 0.2) is 24.3 Å². The molecule has 4 aliphatic rings. The van der Waals surface area contributed by atoms with Gasteiger partial charge in [-0.05, 0) is 122 Å². The molecule has 0 heterocycles. The fraction of sp³-hybridized carbons (Fsp3) is 0.788. The molecular weight excluding hydrogens is 490 g/mol. The van der Waals surface area contributed by atoms with E-state index in [1.807, 2.05) is 24.3 Å². The summed E-state index contributed by atoms with van der Waals surface area (Å²) in [6.07, 6.45) is 7.43. The molecule has 4 aliphatic carbocycles. The number of amides is 1. The first-order valence-corrected chi connectivity index (χ1v) is 15.5. The highest BCUT2D eigenvalue weighted by atomic mass is 16.5. The van der Waals surface area contributed by atoms with Gasteiger partial charge in [0, 0.05) is 13.0 Å². The zero-order valence-corrected chi connectivity index (χ0v) is 24.4. The van der Waals surface area contributed by atoms with Crippen molar-refractivity contribution in [3.63, 3.8) is 0 Å². The second-order valence-electron chi connectivity index (χ2n) is 14.0. The molecule has 4 fully saturated rings. The molecule has 1 amide bonds. The van der Waals surface area contributed by atoms with Crippen molar-refractivity contribution in [2.75, 3.05) is 13.7 Å². The lowest BCUT2D eigenvalue weighted by Gasteiger charge is -2.63. The van der Waals surface area contributed by atoms with Gasteiger partial charge in [0.05, 0.1) is 25.4 Å². The van der Waals surface area contributed by atoms with Crippen molar-refractivity contribution in [2.45, 2.75) is 103 Å². The third-order valence-corrected chi connectivity index (χ3v) is 12.2. The number of nitrogens with one attached hydrogen (secondary N) is 1. The number of hydrogen-bond donors (Lipinski definition) is 4. The smallest absolute Gasteiger partial charge is 0.220 e. The Hall–Kier alpha value is -1.63. The Kier molecular flexibility index (Phi) is 8.39. The first-order valence-electron chi connectivity index (χ1n) is 15.5. The minimum atomic E-state index is -0.383. The molecule has 5 rings (SSSR count). The van der Waals surface area contributed by atoms with E-state index in [1.165, 1.54) is 5.56 Å². The maximum Gasteiger partial charge on any atom is 0.220 e. The molecule has 11 atom stereocenters. The SMILES string of the molecule is COc1ccc(CCNC(=O)CC[C@@H](C)[C@@H]2CC[C@@H]3[C@@H]4[C@H](O)C[C@H]5C[C@H](O)CC[C@]5(C)[C@@H]4C[C@H](O)[C@@]32C)cc1. The molecule has 1 aromatic rings. The standard InChI is InChI=1S/C33H51NO5/c1-20(5-12-30(38)34-16-14-21-6-8-24(39-4)9-7-21)25-10-11-26-31-27(19-29(37)33(25,26)3)32(2)15-13-23(35)17-22(32)18-28(31)36/h6-9,20,22-23,25-29,31,35-37H,5,10-19H2,1-4H3,(H,34,38)/t20-,22-,23-,25+,26-,27-,28-,29+,31+,32+,33-/m1/s1. The van der Waals surface area contributed by atoms with Gasteiger partial charge in [-0.25, -0.2) is 0 Å². The van der Waals surface area contributed by atoms with Gasteiger partial charge in [-0.2, -0.15) is 0 Å². The molecule has 4 saturated carbocycles. The Morgan fingerprint density at radius 3 is 2.51 bits per heavy atom. The van der Waals surface area contributed by atoms with Crippen molar-refractivity contribution in [1.29, 1.82) is 0 Å². The molecule has 1 aromatic carbocycles. The number of methoxy groups -OCH3 is 1. The third-order valence-electron chi connectivity index (χ3n) is 12.2. The number of rotatable bonds is 8. The van der Waals surface area contributed by atoms with Crippen molar-refractivity contribution >= 4 is 5.91 Å². The summed E-state index contributed by atoms with van der Waals surface area (Å²) in [5, 5.41) is 36.6. The average molecular weight is 542 g/mol. The highest BCUT2D eigenvalue weighted by Crippen LogP contribution is 2.68. The number of carbonyl (C=O) groups excluding carboxylic acids is 1. The van der Waals surface area contributed by atoms with Crippen molar-refractivity contribution in [3.8, 4) is 5.75 Å². The molecule has 218 valence electrons. The van der Waals surface area contributed by atoms with Crippen LogP contribution in [0.3, 0.4) is 0 Å². The summed E-state index contributed by atoms with van der Waals surface area (Å²) in [5.41, 5.74) is 1.05. The number of fused-ring (bicyclic) bond motifs is 5. The molecule has 0 radical (unpaired) electrons. The lowest BCUT2D eigenvalue weighted by atomic mass is 9.43. The van der Waals surface area contributed by atoms with Gasteiger partial charge in [-0.1, -0.05) is 32.9 Å². The Morgan fingerprint density at radius 1 is 1.05 bits per heavy atom. The number of aliphatic hydroxyl groups is 3. The molecular formula is C33H51NO5. The summed E-state index contributed by atoms with van der Waals surface area (Å²) in [4.78, 5) is 12.7. The molecule has 0 aromatic heterocycles. The van der Waals surface area contributed by atoms with Gasteiger partial charge in [0.25, 0.3) is 0 Å². The average Bonchev–Trinajstić information content (AvgIpc) is 3.28. The monoisotopic (exact) mass is 541 g/mol. The highest BCUT2D eigenvalue weighted by molar-refractivity contribution is 5.75. The fourth-order valence-electron chi connectivity index (χ4n) is 9.92. The predicted octanol–water partition coefficient (Wildman–Crippen LogP) is 4.73. The van der Waals surface area contributed by atoms with E-state index in [-0.39, 0.29) is 41.0 Å². The Labute approximate surface area is 234 Å². The van der Waals surface area contributed by atoms with Crippen LogP contribution in [0.4, 0.5) is 0 Å². The third kappa shape index (κ3) is 5.26. The first-order chi connectivity index (χ1) is 18.6. The minimum Gasteiger partial charge on any atom is -0.497 e. The summed E-state index contributed by atoms with van der Waals surface area (Å²) in [7, 11) is 1.66. The van der Waals surface area contributed by atoms with E-state index < -0.39 is 0 Å². The van der Waals surface area contributed by atoms with E-state index in [2.05, 4.69) is 26.1 Å². The molecule has 0 spiro atoms. The quantitative estimate of drug-likeness (QED) is 0.381. The van der Waals surface area contributed by atoms with E-state index in [4.69, 9.17) is 4.74 Å². The molecule has 6 nitrogen and oxygen atoms in total. The molecule has 0 unspecified atom stereocenters. The first kappa shape index (κ1) is 28.9. The van der Waals surface area contributed by atoms with Crippen LogP contribution in [0.2, 0.25) is 0 Å². The van der Waals surface area contributed by atoms with Crippen molar-refractivity contribution in [1.82, 2.24) is 5.32 Å². The fourth-order valence-corrected chi connectivity index (χ4v) is 9.92. The zero-order valence-electron chi connectivity index (χ0n) is 24.4. The van der Waals surface area contributed by atoms with Crippen LogP contribution in [0.25, 0.3) is 0 Å². The van der Waals surface area contributed by atoms with Crippen LogP contribution in [0.5, 0.6) is 5.75 Å². The summed E-state index contributed by atoms with van der Waals surface area (Å²) >= 11 is 0. The van der Waals surface area contributed by atoms with E-state index >= 15 is 0 Å². The zero-order chi connectivity index (χ0) is 27.9. The van der Waals surface area contributed by atoms with Gasteiger partial charge in [0.2, 0.25) is 5.91 Å². The number of carbonyl (C=O) groups is 1. The van der Waals surface area contributed by atoms with Gasteiger partial charge in [0.15, 0.2) is 0 Å². The Morgan fingerprint density at radius 2 is 1.79 bits per heavy atom. The number of benzene rings is 1. The van der Waals surface area contributed by atoms with Crippen LogP contribution in [-0.4, -0.2) is 53.2 Å². The van der Waals surface area contributed by atoms with Crippen LogP contribution in [-0.2, 0) is 11.2 Å². The van der Waals surface area contributed by atoms with Crippen LogP contribution in [0.1, 0.15) is 84.1 Å². The van der Waals surface area contributed by atoms with E-state index in [0.717, 1.165) is 63.5 Å². The molecule has 0 bridgehead atoms. The van der Waals surface area contributed by atoms with Gasteiger partial charge < -0.3 is 25.4 Å². The normalized spacial score (nSPS) is 42.1. The predicted molar refractivity (Wildman–Crippen MR) is 152 cm³/mol. The van der Waals surface area contributed by atoms with E-state index in [9.17, 15) is 20.1 Å². The van der Waals surface area contributed by atoms with Gasteiger partial charge in [0.1, 0.15) is 5.75 Å². The van der Waals surface area contributed by atoms with Crippen molar-refractivity contribution < 1.29 is 24.9 Å². The Balaban J connectivity index is 1.18. The number of ether oxygens (including phenoxy) is 1. The second-order valence-corrected chi connectivity index (χ2v) is 14.0. The maximum atomic E-state index is 12.7. The summed E-state index contributed by atoms with van der Waals surface area (Å²) in [5.74, 6) is 2.84. The van der Waals surface area contributed by atoms with E-state index in [0.29, 0.717) is 42.6 Å². The van der Waals surface area contributed by atoms with Crippen molar-refractivity contribution in [2.24, 2.45) is 46.3 Å². The highest BCUT2D eigenvalue weighted by Gasteiger charge is 2.65. The van der Waals surface area contributed by atoms with Crippen LogP contribution < -0.4 is 10.1 Å². The summed E-state index contributed by atoms with van der Waals surface area (Å²) in [6.45, 7) is 7.55. The summed E-state index contributed by atoms with van der Waals surface area (Å²) in [6, 6.07) is 7.96.